The lowest BCUT2D eigenvalue weighted by Crippen LogP contribution is -2.37. The molecule has 2 N–H and O–H groups in total. The third-order valence-corrected chi connectivity index (χ3v) is 3.58. The van der Waals surface area contributed by atoms with Gasteiger partial charge in [-0.3, -0.25) is 4.79 Å². The van der Waals surface area contributed by atoms with Crippen LogP contribution in [0.15, 0.2) is 18.2 Å². The van der Waals surface area contributed by atoms with Crippen molar-refractivity contribution in [1.29, 1.82) is 0 Å². The van der Waals surface area contributed by atoms with Crippen molar-refractivity contribution in [3.05, 3.63) is 34.9 Å². The monoisotopic (exact) mass is 273 g/mol. The smallest absolute Gasteiger partial charge is 0.252 e. The van der Waals surface area contributed by atoms with Crippen molar-refractivity contribution < 1.29 is 9.90 Å². The van der Waals surface area contributed by atoms with Gasteiger partial charge in [0.25, 0.3) is 5.91 Å². The highest BCUT2D eigenvalue weighted by molar-refractivity contribution is 5.97. The van der Waals surface area contributed by atoms with Crippen LogP contribution >= 0.6 is 0 Å². The number of benzene rings is 1. The molecule has 0 saturated heterocycles. The molecule has 3 nitrogen and oxygen atoms in total. The highest BCUT2D eigenvalue weighted by Crippen LogP contribution is 2.13. The second-order valence-electron chi connectivity index (χ2n) is 5.16. The summed E-state index contributed by atoms with van der Waals surface area (Å²) in [7, 11) is 0. The van der Waals surface area contributed by atoms with Gasteiger partial charge in [-0.1, -0.05) is 38.2 Å². The number of aliphatic hydroxyl groups excluding tert-OH is 1. The zero-order valence-electron chi connectivity index (χ0n) is 12.7. The summed E-state index contributed by atoms with van der Waals surface area (Å²) in [4.78, 5) is 12.3. The van der Waals surface area contributed by atoms with Crippen LogP contribution < -0.4 is 5.32 Å². The number of carbonyl (C=O) groups excluding carboxylic acids is 1. The second-order valence-corrected chi connectivity index (χ2v) is 5.16. The van der Waals surface area contributed by atoms with E-state index in [1.807, 2.05) is 26.0 Å². The fourth-order valence-electron chi connectivity index (χ4n) is 1.87. The second kappa shape index (κ2) is 7.72. The van der Waals surface area contributed by atoms with Gasteiger partial charge < -0.3 is 10.4 Å². The lowest BCUT2D eigenvalue weighted by molar-refractivity contribution is 0.0928. The van der Waals surface area contributed by atoms with E-state index in [4.69, 9.17) is 5.11 Å². The van der Waals surface area contributed by atoms with E-state index in [1.165, 1.54) is 0 Å². The van der Waals surface area contributed by atoms with Crippen molar-refractivity contribution in [3.8, 4) is 11.8 Å². The molecule has 2 unspecified atom stereocenters. The number of nitrogens with one attached hydrogen (secondary N) is 1. The van der Waals surface area contributed by atoms with Crippen LogP contribution in [0.25, 0.3) is 0 Å². The molecule has 1 aromatic rings. The number of hydrogen-bond donors (Lipinski definition) is 2. The van der Waals surface area contributed by atoms with Gasteiger partial charge >= 0.3 is 0 Å². The van der Waals surface area contributed by atoms with Crippen LogP contribution in [0.4, 0.5) is 0 Å². The third-order valence-electron chi connectivity index (χ3n) is 3.58. The SMILES string of the molecule is CCC(C)C(C)NC(=O)c1ccc(C)cc1C#CCO. The molecule has 0 aliphatic carbocycles. The molecule has 3 heteroatoms. The van der Waals surface area contributed by atoms with Gasteiger partial charge in [0.1, 0.15) is 6.61 Å². The molecular formula is C17H23NO2. The average molecular weight is 273 g/mol. The number of carbonyl (C=O) groups is 1. The minimum atomic E-state index is -0.210. The summed E-state index contributed by atoms with van der Waals surface area (Å²) in [5, 5.41) is 11.8. The predicted molar refractivity (Wildman–Crippen MR) is 81.5 cm³/mol. The van der Waals surface area contributed by atoms with E-state index in [2.05, 4.69) is 31.0 Å². The van der Waals surface area contributed by atoms with E-state index < -0.39 is 0 Å². The summed E-state index contributed by atoms with van der Waals surface area (Å²) in [5.74, 6) is 5.76. The summed E-state index contributed by atoms with van der Waals surface area (Å²) in [6.45, 7) is 7.98. The highest BCUT2D eigenvalue weighted by Gasteiger charge is 2.16. The lowest BCUT2D eigenvalue weighted by atomic mass is 9.99. The van der Waals surface area contributed by atoms with Crippen molar-refractivity contribution in [2.75, 3.05) is 6.61 Å². The Morgan fingerprint density at radius 3 is 2.70 bits per heavy atom. The Morgan fingerprint density at radius 2 is 2.10 bits per heavy atom. The van der Waals surface area contributed by atoms with E-state index in [1.54, 1.807) is 6.07 Å². The zero-order chi connectivity index (χ0) is 15.1. The Balaban J connectivity index is 2.98. The third kappa shape index (κ3) is 4.40. The number of hydrogen-bond acceptors (Lipinski definition) is 2. The molecule has 0 aliphatic rings. The maximum atomic E-state index is 12.3. The van der Waals surface area contributed by atoms with Crippen LogP contribution in [0.3, 0.4) is 0 Å². The van der Waals surface area contributed by atoms with Gasteiger partial charge in [0.05, 0.1) is 5.56 Å². The van der Waals surface area contributed by atoms with Gasteiger partial charge in [0.2, 0.25) is 0 Å². The van der Waals surface area contributed by atoms with E-state index in [0.717, 1.165) is 12.0 Å². The fraction of sp³-hybridized carbons (Fsp3) is 0.471. The summed E-state index contributed by atoms with van der Waals surface area (Å²) in [6.07, 6.45) is 1.02. The van der Waals surface area contributed by atoms with Crippen LogP contribution in [0, 0.1) is 24.7 Å². The Bertz CT molecular complexity index is 526. The summed E-state index contributed by atoms with van der Waals surface area (Å²) >= 11 is 0. The topological polar surface area (TPSA) is 49.3 Å². The van der Waals surface area contributed by atoms with Gasteiger partial charge in [0.15, 0.2) is 0 Å². The Labute approximate surface area is 121 Å². The van der Waals surface area contributed by atoms with Gasteiger partial charge in [-0.2, -0.15) is 0 Å². The predicted octanol–water partition coefficient (Wildman–Crippen LogP) is 2.50. The molecule has 0 saturated carbocycles. The van der Waals surface area contributed by atoms with Crippen molar-refractivity contribution in [2.24, 2.45) is 5.92 Å². The molecule has 0 heterocycles. The molecule has 2 atom stereocenters. The number of rotatable bonds is 4. The standard InChI is InChI=1S/C17H23NO2/c1-5-13(3)14(4)18-17(20)16-9-8-12(2)11-15(16)7-6-10-19/h8-9,11,13-14,19H,5,10H2,1-4H3,(H,18,20). The molecule has 20 heavy (non-hydrogen) atoms. The molecule has 0 radical (unpaired) electrons. The molecule has 0 spiro atoms. The molecule has 1 amide bonds. The zero-order valence-corrected chi connectivity index (χ0v) is 12.7. The Kier molecular flexibility index (Phi) is 6.27. The molecule has 0 aromatic heterocycles. The lowest BCUT2D eigenvalue weighted by Gasteiger charge is -2.20. The highest BCUT2D eigenvalue weighted by atomic mass is 16.2. The number of amides is 1. The first-order valence-electron chi connectivity index (χ1n) is 7.00. The van der Waals surface area contributed by atoms with E-state index in [9.17, 15) is 4.79 Å². The molecule has 0 fully saturated rings. The molecule has 108 valence electrons. The first kappa shape index (κ1) is 16.3. The largest absolute Gasteiger partial charge is 0.384 e. The van der Waals surface area contributed by atoms with Gasteiger partial charge in [-0.25, -0.2) is 0 Å². The minimum absolute atomic E-state index is 0.111. The van der Waals surface area contributed by atoms with Crippen LogP contribution in [0.5, 0.6) is 0 Å². The van der Waals surface area contributed by atoms with Crippen molar-refractivity contribution in [1.82, 2.24) is 5.32 Å². The Hall–Kier alpha value is -1.79. The molecule has 1 aromatic carbocycles. The quantitative estimate of drug-likeness (QED) is 0.828. The van der Waals surface area contributed by atoms with E-state index >= 15 is 0 Å². The molecule has 0 aliphatic heterocycles. The van der Waals surface area contributed by atoms with Gasteiger partial charge in [-0.15, -0.1) is 0 Å². The number of aliphatic hydroxyl groups is 1. The van der Waals surface area contributed by atoms with E-state index in [-0.39, 0.29) is 18.6 Å². The van der Waals surface area contributed by atoms with Crippen LogP contribution in [0.2, 0.25) is 0 Å². The molecule has 0 bridgehead atoms. The minimum Gasteiger partial charge on any atom is -0.384 e. The van der Waals surface area contributed by atoms with Crippen molar-refractivity contribution in [3.63, 3.8) is 0 Å². The summed E-state index contributed by atoms with van der Waals surface area (Å²) in [5.41, 5.74) is 2.26. The maximum absolute atomic E-state index is 12.3. The normalized spacial score (nSPS) is 13.1. The Morgan fingerprint density at radius 1 is 1.40 bits per heavy atom. The summed E-state index contributed by atoms with van der Waals surface area (Å²) in [6, 6.07) is 5.67. The van der Waals surface area contributed by atoms with Crippen LogP contribution in [-0.2, 0) is 0 Å². The van der Waals surface area contributed by atoms with Crippen molar-refractivity contribution in [2.45, 2.75) is 40.2 Å². The average Bonchev–Trinajstić information content (AvgIpc) is 2.43. The maximum Gasteiger partial charge on any atom is 0.252 e. The van der Waals surface area contributed by atoms with Crippen molar-refractivity contribution >= 4 is 5.91 Å². The first-order valence-corrected chi connectivity index (χ1v) is 7.00. The number of aryl methyl sites for hydroxylation is 1. The first-order chi connectivity index (χ1) is 9.49. The van der Waals surface area contributed by atoms with Gasteiger partial charge in [0, 0.05) is 11.6 Å². The summed E-state index contributed by atoms with van der Waals surface area (Å²) < 4.78 is 0. The molecular weight excluding hydrogens is 250 g/mol. The van der Waals surface area contributed by atoms with Gasteiger partial charge in [-0.05, 0) is 37.5 Å². The van der Waals surface area contributed by atoms with Crippen LogP contribution in [-0.4, -0.2) is 23.7 Å². The fourth-order valence-corrected chi connectivity index (χ4v) is 1.87. The van der Waals surface area contributed by atoms with Crippen LogP contribution in [0.1, 0.15) is 48.7 Å². The molecule has 1 rings (SSSR count). The van der Waals surface area contributed by atoms with E-state index in [0.29, 0.717) is 17.0 Å².